The minimum Gasteiger partial charge on any atom is -0.354 e. The smallest absolute Gasteiger partial charge is 0.255 e. The van der Waals surface area contributed by atoms with Crippen LogP contribution in [-0.4, -0.2) is 34.2 Å². The molecule has 1 aromatic rings. The molecule has 0 bridgehead atoms. The van der Waals surface area contributed by atoms with Gasteiger partial charge in [0, 0.05) is 18.8 Å². The van der Waals surface area contributed by atoms with Gasteiger partial charge in [-0.05, 0) is 32.6 Å². The molecule has 0 aromatic carbocycles. The minimum absolute atomic E-state index is 0.0885. The van der Waals surface area contributed by atoms with Crippen molar-refractivity contribution in [3.05, 3.63) is 17.5 Å². The first-order valence-electron chi connectivity index (χ1n) is 7.24. The molecule has 1 aliphatic rings. The van der Waals surface area contributed by atoms with E-state index >= 15 is 0 Å². The van der Waals surface area contributed by atoms with Crippen LogP contribution >= 0.6 is 0 Å². The van der Waals surface area contributed by atoms with E-state index in [0.29, 0.717) is 18.5 Å². The van der Waals surface area contributed by atoms with Crippen molar-refractivity contribution < 1.29 is 9.59 Å². The molecule has 1 fully saturated rings. The van der Waals surface area contributed by atoms with Crippen LogP contribution in [0.1, 0.15) is 48.7 Å². The number of rotatable bonds is 4. The molecule has 0 aliphatic carbocycles. The van der Waals surface area contributed by atoms with Crippen LogP contribution in [0.2, 0.25) is 0 Å². The highest BCUT2D eigenvalue weighted by atomic mass is 16.2. The minimum atomic E-state index is -0.432. The quantitative estimate of drug-likeness (QED) is 0.862. The Morgan fingerprint density at radius 1 is 1.55 bits per heavy atom. The molecule has 2 heterocycles. The van der Waals surface area contributed by atoms with Gasteiger partial charge in [0.25, 0.3) is 5.91 Å². The number of hydrogen-bond donors (Lipinski definition) is 2. The molecular formula is C14H22N4O2. The first-order chi connectivity index (χ1) is 9.63. The predicted molar refractivity (Wildman–Crippen MR) is 75.4 cm³/mol. The van der Waals surface area contributed by atoms with E-state index in [0.717, 1.165) is 31.5 Å². The van der Waals surface area contributed by atoms with Crippen LogP contribution in [0.4, 0.5) is 0 Å². The summed E-state index contributed by atoms with van der Waals surface area (Å²) < 4.78 is 1.82. The second-order valence-electron chi connectivity index (χ2n) is 5.18. The molecule has 2 rings (SSSR count). The number of aryl methyl sites for hydroxylation is 1. The van der Waals surface area contributed by atoms with Crippen LogP contribution < -0.4 is 10.6 Å². The molecule has 2 N–H and O–H groups in total. The number of carbonyl (C=O) groups excluding carboxylic acids is 2. The van der Waals surface area contributed by atoms with Crippen molar-refractivity contribution in [1.29, 1.82) is 0 Å². The van der Waals surface area contributed by atoms with Crippen molar-refractivity contribution >= 4 is 11.8 Å². The molecule has 110 valence electrons. The van der Waals surface area contributed by atoms with Crippen LogP contribution in [0, 0.1) is 6.92 Å². The van der Waals surface area contributed by atoms with E-state index in [-0.39, 0.29) is 11.8 Å². The maximum atomic E-state index is 12.3. The maximum Gasteiger partial charge on any atom is 0.255 e. The molecule has 2 amide bonds. The highest BCUT2D eigenvalue weighted by Gasteiger charge is 2.24. The number of carbonyl (C=O) groups is 2. The van der Waals surface area contributed by atoms with Crippen LogP contribution in [0.3, 0.4) is 0 Å². The lowest BCUT2D eigenvalue weighted by molar-refractivity contribution is -0.122. The van der Waals surface area contributed by atoms with E-state index in [9.17, 15) is 9.59 Å². The highest BCUT2D eigenvalue weighted by molar-refractivity contribution is 5.98. The summed E-state index contributed by atoms with van der Waals surface area (Å²) >= 11 is 0. The fraction of sp³-hybridized carbons (Fsp3) is 0.643. The summed E-state index contributed by atoms with van der Waals surface area (Å²) in [6.45, 7) is 5.43. The summed E-state index contributed by atoms with van der Waals surface area (Å²) in [4.78, 5) is 24.1. The van der Waals surface area contributed by atoms with Crippen LogP contribution in [0.5, 0.6) is 0 Å². The van der Waals surface area contributed by atoms with Gasteiger partial charge < -0.3 is 10.6 Å². The topological polar surface area (TPSA) is 76.0 Å². The zero-order chi connectivity index (χ0) is 14.5. The lowest BCUT2D eigenvalue weighted by Crippen LogP contribution is -2.45. The van der Waals surface area contributed by atoms with Gasteiger partial charge in [-0.2, -0.15) is 5.10 Å². The number of nitrogens with zero attached hydrogens (tertiary/aromatic N) is 2. The third-order valence-electron chi connectivity index (χ3n) is 3.62. The van der Waals surface area contributed by atoms with Gasteiger partial charge in [0.2, 0.25) is 5.91 Å². The zero-order valence-corrected chi connectivity index (χ0v) is 12.1. The Morgan fingerprint density at radius 3 is 3.10 bits per heavy atom. The van der Waals surface area contributed by atoms with Crippen LogP contribution in [0.15, 0.2) is 6.20 Å². The molecule has 1 aliphatic heterocycles. The Morgan fingerprint density at radius 2 is 2.35 bits per heavy atom. The second kappa shape index (κ2) is 6.54. The zero-order valence-electron chi connectivity index (χ0n) is 12.1. The van der Waals surface area contributed by atoms with Gasteiger partial charge in [0.05, 0.1) is 11.8 Å². The van der Waals surface area contributed by atoms with Crippen molar-refractivity contribution in [2.75, 3.05) is 6.54 Å². The normalized spacial score (nSPS) is 19.3. The first-order valence-corrected chi connectivity index (χ1v) is 7.24. The van der Waals surface area contributed by atoms with Gasteiger partial charge in [-0.25, -0.2) is 0 Å². The number of hydrogen-bond acceptors (Lipinski definition) is 3. The van der Waals surface area contributed by atoms with E-state index in [1.165, 1.54) is 0 Å². The van der Waals surface area contributed by atoms with Gasteiger partial charge in [-0.1, -0.05) is 6.92 Å². The number of nitrogens with one attached hydrogen (secondary N) is 2. The van der Waals surface area contributed by atoms with E-state index in [1.807, 2.05) is 11.6 Å². The molecule has 6 nitrogen and oxygen atoms in total. The van der Waals surface area contributed by atoms with Gasteiger partial charge in [-0.3, -0.25) is 14.3 Å². The SMILES string of the molecule is CCCn1ncc(C(=O)N[C@@H]2CCCCNC2=O)c1C. The highest BCUT2D eigenvalue weighted by Crippen LogP contribution is 2.10. The second-order valence-corrected chi connectivity index (χ2v) is 5.18. The van der Waals surface area contributed by atoms with Crippen molar-refractivity contribution in [3.8, 4) is 0 Å². The van der Waals surface area contributed by atoms with Gasteiger partial charge >= 0.3 is 0 Å². The standard InChI is InChI=1S/C14H22N4O2/c1-3-8-18-10(2)11(9-16-18)13(19)17-12-6-4-5-7-15-14(12)20/h9,12H,3-8H2,1-2H3,(H,15,20)(H,17,19)/t12-/m1/s1. The molecular weight excluding hydrogens is 256 g/mol. The predicted octanol–water partition coefficient (Wildman–Crippen LogP) is 1.00. The first kappa shape index (κ1) is 14.6. The molecule has 0 saturated carbocycles. The summed E-state index contributed by atoms with van der Waals surface area (Å²) in [5.74, 6) is -0.304. The molecule has 1 atom stereocenters. The van der Waals surface area contributed by atoms with Crippen LogP contribution in [0.25, 0.3) is 0 Å². The van der Waals surface area contributed by atoms with Crippen LogP contribution in [-0.2, 0) is 11.3 Å². The molecule has 20 heavy (non-hydrogen) atoms. The maximum absolute atomic E-state index is 12.3. The lowest BCUT2D eigenvalue weighted by atomic mass is 10.1. The monoisotopic (exact) mass is 278 g/mol. The largest absolute Gasteiger partial charge is 0.354 e. The average molecular weight is 278 g/mol. The van der Waals surface area contributed by atoms with Crippen molar-refractivity contribution in [1.82, 2.24) is 20.4 Å². The lowest BCUT2D eigenvalue weighted by Gasteiger charge is -2.15. The summed E-state index contributed by atoms with van der Waals surface area (Å²) in [6.07, 6.45) is 5.15. The van der Waals surface area contributed by atoms with E-state index < -0.39 is 6.04 Å². The van der Waals surface area contributed by atoms with Gasteiger partial charge in [0.1, 0.15) is 6.04 Å². The fourth-order valence-electron chi connectivity index (χ4n) is 2.42. The molecule has 0 unspecified atom stereocenters. The van der Waals surface area contributed by atoms with E-state index in [2.05, 4.69) is 22.7 Å². The third kappa shape index (κ3) is 3.18. The van der Waals surface area contributed by atoms with Crippen molar-refractivity contribution in [3.63, 3.8) is 0 Å². The third-order valence-corrected chi connectivity index (χ3v) is 3.62. The summed E-state index contributed by atoms with van der Waals surface area (Å²) in [6, 6.07) is -0.432. The van der Waals surface area contributed by atoms with E-state index in [1.54, 1.807) is 6.20 Å². The Kier molecular flexibility index (Phi) is 4.76. The van der Waals surface area contributed by atoms with Gasteiger partial charge in [-0.15, -0.1) is 0 Å². The van der Waals surface area contributed by atoms with Gasteiger partial charge in [0.15, 0.2) is 0 Å². The molecule has 0 radical (unpaired) electrons. The Bertz CT molecular complexity index is 495. The summed E-state index contributed by atoms with van der Waals surface area (Å²) in [5, 5.41) is 9.85. The van der Waals surface area contributed by atoms with Crippen molar-refractivity contribution in [2.24, 2.45) is 0 Å². The summed E-state index contributed by atoms with van der Waals surface area (Å²) in [7, 11) is 0. The molecule has 6 heteroatoms. The summed E-state index contributed by atoms with van der Waals surface area (Å²) in [5.41, 5.74) is 1.40. The van der Waals surface area contributed by atoms with E-state index in [4.69, 9.17) is 0 Å². The Hall–Kier alpha value is -1.85. The average Bonchev–Trinajstić information content (AvgIpc) is 2.66. The molecule has 0 spiro atoms. The fourth-order valence-corrected chi connectivity index (χ4v) is 2.42. The molecule has 1 saturated heterocycles. The molecule has 1 aromatic heterocycles. The Labute approximate surface area is 118 Å². The van der Waals surface area contributed by atoms with Crippen molar-refractivity contribution in [2.45, 2.75) is 52.1 Å². The number of aromatic nitrogens is 2. The number of amides is 2. The Balaban J connectivity index is 2.05.